The molecule has 2 nitrogen and oxygen atoms in total. The summed E-state index contributed by atoms with van der Waals surface area (Å²) in [4.78, 5) is 3.94. The van der Waals surface area contributed by atoms with E-state index in [1.165, 1.54) is 49.0 Å². The van der Waals surface area contributed by atoms with E-state index >= 15 is 0 Å². The van der Waals surface area contributed by atoms with E-state index in [1.807, 2.05) is 6.07 Å². The summed E-state index contributed by atoms with van der Waals surface area (Å²) in [6.07, 6.45) is 0. The standard InChI is InChI=1S/C45H28N2/c1-46-41-28-27-33(47-42-21-11-9-15-34(42)35-16-10-12-22-43(35)47)29-40(41)30-23-25-32(26-24-30)45-38-19-7-5-17-36(38)44(31-13-3-2-4-14-31)37-18-6-8-20-39(37)45/h2-29H. The lowest BCUT2D eigenvalue weighted by molar-refractivity contribution is 1.18. The zero-order valence-electron chi connectivity index (χ0n) is 25.6. The zero-order chi connectivity index (χ0) is 31.3. The van der Waals surface area contributed by atoms with Crippen LogP contribution in [0.4, 0.5) is 5.69 Å². The minimum absolute atomic E-state index is 0.644. The van der Waals surface area contributed by atoms with Crippen molar-refractivity contribution in [3.8, 4) is 39.1 Å². The van der Waals surface area contributed by atoms with Crippen LogP contribution < -0.4 is 0 Å². The first-order chi connectivity index (χ1) is 23.3. The molecule has 0 saturated carbocycles. The molecule has 1 heterocycles. The van der Waals surface area contributed by atoms with Gasteiger partial charge in [-0.2, -0.15) is 0 Å². The van der Waals surface area contributed by atoms with Crippen LogP contribution in [-0.4, -0.2) is 4.57 Å². The van der Waals surface area contributed by atoms with E-state index in [0.29, 0.717) is 5.69 Å². The lowest BCUT2D eigenvalue weighted by Gasteiger charge is -2.18. The van der Waals surface area contributed by atoms with Crippen molar-refractivity contribution in [1.29, 1.82) is 0 Å². The van der Waals surface area contributed by atoms with Gasteiger partial charge in [0.05, 0.1) is 17.6 Å². The summed E-state index contributed by atoms with van der Waals surface area (Å²) in [5, 5.41) is 7.39. The molecule has 218 valence electrons. The van der Waals surface area contributed by atoms with Crippen molar-refractivity contribution in [1.82, 2.24) is 4.57 Å². The highest BCUT2D eigenvalue weighted by Crippen LogP contribution is 2.44. The number of fused-ring (bicyclic) bond motifs is 5. The normalized spacial score (nSPS) is 11.4. The summed E-state index contributed by atoms with van der Waals surface area (Å²) in [5.74, 6) is 0. The molecule has 8 aromatic carbocycles. The average molecular weight is 597 g/mol. The average Bonchev–Trinajstić information content (AvgIpc) is 3.48. The Morgan fingerprint density at radius 3 is 1.32 bits per heavy atom. The van der Waals surface area contributed by atoms with E-state index in [1.54, 1.807) is 0 Å². The minimum Gasteiger partial charge on any atom is -0.309 e. The van der Waals surface area contributed by atoms with Crippen LogP contribution in [0.3, 0.4) is 0 Å². The molecule has 0 amide bonds. The Balaban J connectivity index is 1.22. The van der Waals surface area contributed by atoms with E-state index in [9.17, 15) is 0 Å². The molecule has 0 saturated heterocycles. The van der Waals surface area contributed by atoms with Gasteiger partial charge in [-0.3, -0.25) is 0 Å². The van der Waals surface area contributed by atoms with Gasteiger partial charge in [0.25, 0.3) is 0 Å². The van der Waals surface area contributed by atoms with Gasteiger partial charge in [0, 0.05) is 16.5 Å². The summed E-state index contributed by atoms with van der Waals surface area (Å²) in [6.45, 7) is 8.01. The Morgan fingerprint density at radius 1 is 0.383 bits per heavy atom. The first-order valence-corrected chi connectivity index (χ1v) is 15.9. The summed E-state index contributed by atoms with van der Waals surface area (Å²) in [5.41, 5.74) is 10.8. The molecule has 0 spiro atoms. The monoisotopic (exact) mass is 596 g/mol. The van der Waals surface area contributed by atoms with Crippen LogP contribution in [0.2, 0.25) is 0 Å². The van der Waals surface area contributed by atoms with Crippen LogP contribution in [0, 0.1) is 6.57 Å². The summed E-state index contributed by atoms with van der Waals surface area (Å²) >= 11 is 0. The van der Waals surface area contributed by atoms with E-state index < -0.39 is 0 Å². The topological polar surface area (TPSA) is 9.29 Å². The lowest BCUT2D eigenvalue weighted by Crippen LogP contribution is -1.94. The number of nitrogens with zero attached hydrogens (tertiary/aromatic N) is 2. The van der Waals surface area contributed by atoms with Crippen molar-refractivity contribution in [2.24, 2.45) is 0 Å². The van der Waals surface area contributed by atoms with Gasteiger partial charge >= 0.3 is 0 Å². The van der Waals surface area contributed by atoms with Crippen molar-refractivity contribution < 1.29 is 0 Å². The second-order valence-electron chi connectivity index (χ2n) is 12.0. The number of hydrogen-bond donors (Lipinski definition) is 0. The van der Waals surface area contributed by atoms with Gasteiger partial charge in [0.15, 0.2) is 5.69 Å². The summed E-state index contributed by atoms with van der Waals surface area (Å²) in [6, 6.07) is 60.2. The third-order valence-electron chi connectivity index (χ3n) is 9.42. The predicted octanol–water partition coefficient (Wildman–Crippen LogP) is 12.6. The molecule has 0 radical (unpaired) electrons. The molecule has 0 N–H and O–H groups in total. The highest BCUT2D eigenvalue weighted by atomic mass is 15.0. The highest BCUT2D eigenvalue weighted by molar-refractivity contribution is 6.21. The van der Waals surface area contributed by atoms with Crippen LogP contribution in [0.25, 0.3) is 87.3 Å². The zero-order valence-corrected chi connectivity index (χ0v) is 25.6. The quantitative estimate of drug-likeness (QED) is 0.141. The second-order valence-corrected chi connectivity index (χ2v) is 12.0. The molecule has 0 aliphatic rings. The van der Waals surface area contributed by atoms with Gasteiger partial charge in [0.1, 0.15) is 0 Å². The van der Waals surface area contributed by atoms with Gasteiger partial charge in [-0.25, -0.2) is 4.85 Å². The first kappa shape index (κ1) is 26.9. The molecule has 0 aliphatic heterocycles. The Bertz CT molecular complexity index is 2560. The molecule has 9 aromatic rings. The van der Waals surface area contributed by atoms with Gasteiger partial charge in [-0.1, -0.05) is 146 Å². The van der Waals surface area contributed by atoms with E-state index in [2.05, 4.69) is 173 Å². The van der Waals surface area contributed by atoms with Gasteiger partial charge in [-0.15, -0.1) is 0 Å². The predicted molar refractivity (Wildman–Crippen MR) is 198 cm³/mol. The maximum atomic E-state index is 8.01. The Kier molecular flexibility index (Phi) is 6.23. The lowest BCUT2D eigenvalue weighted by atomic mass is 9.85. The number of para-hydroxylation sites is 2. The summed E-state index contributed by atoms with van der Waals surface area (Å²) < 4.78 is 2.31. The van der Waals surface area contributed by atoms with Crippen LogP contribution in [0.5, 0.6) is 0 Å². The molecule has 2 heteroatoms. The molecular formula is C45H28N2. The molecule has 9 rings (SSSR count). The van der Waals surface area contributed by atoms with Crippen LogP contribution in [0.1, 0.15) is 0 Å². The SMILES string of the molecule is [C-]#[N+]c1ccc(-n2c3ccccc3c3ccccc32)cc1-c1ccc(-c2c3ccccc3c(-c3ccccc3)c3ccccc23)cc1. The minimum atomic E-state index is 0.644. The fourth-order valence-electron chi connectivity index (χ4n) is 7.36. The van der Waals surface area contributed by atoms with Crippen molar-refractivity contribution in [2.75, 3.05) is 0 Å². The smallest absolute Gasteiger partial charge is 0.195 e. The molecule has 47 heavy (non-hydrogen) atoms. The largest absolute Gasteiger partial charge is 0.309 e. The van der Waals surface area contributed by atoms with Gasteiger partial charge in [-0.05, 0) is 79.2 Å². The maximum absolute atomic E-state index is 8.01. The second kappa shape index (κ2) is 10.9. The van der Waals surface area contributed by atoms with Crippen molar-refractivity contribution >= 4 is 49.0 Å². The van der Waals surface area contributed by atoms with E-state index in [4.69, 9.17) is 6.57 Å². The fourth-order valence-corrected chi connectivity index (χ4v) is 7.36. The third kappa shape index (κ3) is 4.26. The Labute approximate surface area is 273 Å². The number of benzene rings is 8. The molecule has 0 atom stereocenters. The molecule has 0 unspecified atom stereocenters. The molecular weight excluding hydrogens is 569 g/mol. The van der Waals surface area contributed by atoms with Crippen molar-refractivity contribution in [2.45, 2.75) is 0 Å². The van der Waals surface area contributed by atoms with Gasteiger partial charge in [0.2, 0.25) is 0 Å². The number of rotatable bonds is 4. The molecule has 0 bridgehead atoms. The van der Waals surface area contributed by atoms with Crippen LogP contribution >= 0.6 is 0 Å². The number of hydrogen-bond acceptors (Lipinski definition) is 0. The highest BCUT2D eigenvalue weighted by Gasteiger charge is 2.17. The summed E-state index contributed by atoms with van der Waals surface area (Å²) in [7, 11) is 0. The third-order valence-corrected chi connectivity index (χ3v) is 9.42. The molecule has 0 fully saturated rings. The number of aromatic nitrogens is 1. The molecule has 0 aliphatic carbocycles. The van der Waals surface area contributed by atoms with E-state index in [0.717, 1.165) is 33.4 Å². The van der Waals surface area contributed by atoms with Gasteiger partial charge < -0.3 is 4.57 Å². The Hall–Kier alpha value is -6.43. The van der Waals surface area contributed by atoms with Crippen molar-refractivity contribution in [3.63, 3.8) is 0 Å². The van der Waals surface area contributed by atoms with Crippen LogP contribution in [-0.2, 0) is 0 Å². The van der Waals surface area contributed by atoms with Crippen LogP contribution in [0.15, 0.2) is 170 Å². The molecule has 1 aromatic heterocycles. The Morgan fingerprint density at radius 2 is 0.809 bits per heavy atom. The first-order valence-electron chi connectivity index (χ1n) is 15.9. The maximum Gasteiger partial charge on any atom is 0.195 e. The van der Waals surface area contributed by atoms with E-state index in [-0.39, 0.29) is 0 Å². The van der Waals surface area contributed by atoms with Crippen molar-refractivity contribution in [3.05, 3.63) is 181 Å². The fraction of sp³-hybridized carbons (Fsp3) is 0.